The third-order valence-electron chi connectivity index (χ3n) is 3.90. The van der Waals surface area contributed by atoms with E-state index < -0.39 is 0 Å². The van der Waals surface area contributed by atoms with E-state index >= 15 is 0 Å². The van der Waals surface area contributed by atoms with Gasteiger partial charge in [0.2, 0.25) is 5.91 Å². The van der Waals surface area contributed by atoms with Crippen molar-refractivity contribution in [2.75, 3.05) is 26.3 Å². The highest BCUT2D eigenvalue weighted by molar-refractivity contribution is 5.79. The molecule has 20 heavy (non-hydrogen) atoms. The molecule has 1 amide bonds. The van der Waals surface area contributed by atoms with Crippen LogP contribution in [-0.4, -0.2) is 48.2 Å². The molecule has 0 unspecified atom stereocenters. The normalized spacial score (nSPS) is 26.5. The molecule has 5 heteroatoms. The van der Waals surface area contributed by atoms with Gasteiger partial charge < -0.3 is 14.4 Å². The number of ether oxygens (including phenoxy) is 2. The molecule has 108 valence electrons. The second-order valence-corrected chi connectivity index (χ2v) is 5.42. The largest absolute Gasteiger partial charge is 0.487 e. The molecule has 0 aliphatic carbocycles. The maximum absolute atomic E-state index is 12.4. The summed E-state index contributed by atoms with van der Waals surface area (Å²) >= 11 is 0. The molecular formula is C15H20N2O3. The van der Waals surface area contributed by atoms with Crippen LogP contribution in [0.3, 0.4) is 0 Å². The van der Waals surface area contributed by atoms with Crippen molar-refractivity contribution in [3.8, 4) is 5.75 Å². The van der Waals surface area contributed by atoms with E-state index in [-0.39, 0.29) is 17.9 Å². The molecule has 2 atom stereocenters. The Kier molecular flexibility index (Phi) is 4.16. The van der Waals surface area contributed by atoms with E-state index in [1.165, 1.54) is 0 Å². The highest BCUT2D eigenvalue weighted by Crippen LogP contribution is 2.22. The van der Waals surface area contributed by atoms with Crippen molar-refractivity contribution in [3.05, 3.63) is 24.5 Å². The number of rotatable bonds is 3. The summed E-state index contributed by atoms with van der Waals surface area (Å²) in [5.74, 6) is 1.04. The van der Waals surface area contributed by atoms with Crippen LogP contribution in [0.2, 0.25) is 0 Å². The first-order valence-electron chi connectivity index (χ1n) is 7.26. The molecule has 0 saturated carbocycles. The monoisotopic (exact) mass is 276 g/mol. The fraction of sp³-hybridized carbons (Fsp3) is 0.600. The predicted molar refractivity (Wildman–Crippen MR) is 73.4 cm³/mol. The van der Waals surface area contributed by atoms with Crippen LogP contribution in [0, 0.1) is 5.92 Å². The van der Waals surface area contributed by atoms with E-state index in [2.05, 4.69) is 4.98 Å². The Bertz CT molecular complexity index is 446. The molecule has 0 aromatic carbocycles. The lowest BCUT2D eigenvalue weighted by molar-refractivity contribution is -0.138. The van der Waals surface area contributed by atoms with Crippen LogP contribution in [0.1, 0.15) is 19.3 Å². The topological polar surface area (TPSA) is 51.7 Å². The van der Waals surface area contributed by atoms with Crippen LogP contribution in [0.25, 0.3) is 0 Å². The number of pyridine rings is 1. The fourth-order valence-electron chi connectivity index (χ4n) is 2.83. The van der Waals surface area contributed by atoms with Gasteiger partial charge in [-0.15, -0.1) is 0 Å². The number of hydrogen-bond donors (Lipinski definition) is 0. The number of nitrogens with zero attached hydrogens (tertiary/aromatic N) is 2. The Balaban J connectivity index is 1.52. The molecule has 0 spiro atoms. The molecule has 2 aliphatic heterocycles. The zero-order valence-corrected chi connectivity index (χ0v) is 11.5. The minimum Gasteiger partial charge on any atom is -0.487 e. The molecule has 3 heterocycles. The first-order valence-corrected chi connectivity index (χ1v) is 7.26. The van der Waals surface area contributed by atoms with Gasteiger partial charge in [0.15, 0.2) is 0 Å². The van der Waals surface area contributed by atoms with Crippen LogP contribution in [0.5, 0.6) is 5.75 Å². The highest BCUT2D eigenvalue weighted by Gasteiger charge is 2.32. The van der Waals surface area contributed by atoms with Crippen molar-refractivity contribution < 1.29 is 14.3 Å². The second-order valence-electron chi connectivity index (χ2n) is 5.42. The Morgan fingerprint density at radius 2 is 2.40 bits per heavy atom. The molecule has 2 aliphatic rings. The van der Waals surface area contributed by atoms with E-state index in [1.54, 1.807) is 12.4 Å². The Morgan fingerprint density at radius 3 is 3.15 bits per heavy atom. The summed E-state index contributed by atoms with van der Waals surface area (Å²) in [6.07, 6.45) is 6.32. The summed E-state index contributed by atoms with van der Waals surface area (Å²) in [5.41, 5.74) is 0. The van der Waals surface area contributed by atoms with Gasteiger partial charge >= 0.3 is 0 Å². The molecule has 2 fully saturated rings. The van der Waals surface area contributed by atoms with Crippen molar-refractivity contribution in [2.45, 2.75) is 25.4 Å². The first-order chi connectivity index (χ1) is 9.83. The second kappa shape index (κ2) is 6.22. The number of amides is 1. The van der Waals surface area contributed by atoms with Crippen molar-refractivity contribution >= 4 is 5.91 Å². The minimum absolute atomic E-state index is 0.0425. The van der Waals surface area contributed by atoms with E-state index in [0.717, 1.165) is 38.2 Å². The van der Waals surface area contributed by atoms with Gasteiger partial charge in [0.1, 0.15) is 11.9 Å². The summed E-state index contributed by atoms with van der Waals surface area (Å²) < 4.78 is 11.3. The summed E-state index contributed by atoms with van der Waals surface area (Å²) in [6.45, 7) is 2.81. The van der Waals surface area contributed by atoms with Crippen molar-refractivity contribution in [1.29, 1.82) is 0 Å². The highest BCUT2D eigenvalue weighted by atomic mass is 16.5. The van der Waals surface area contributed by atoms with Gasteiger partial charge in [-0.3, -0.25) is 9.78 Å². The molecule has 0 N–H and O–H groups in total. The van der Waals surface area contributed by atoms with Gasteiger partial charge in [0.05, 0.1) is 25.3 Å². The number of hydrogen-bond acceptors (Lipinski definition) is 4. The summed E-state index contributed by atoms with van der Waals surface area (Å²) in [5, 5.41) is 0. The van der Waals surface area contributed by atoms with Crippen LogP contribution >= 0.6 is 0 Å². The summed E-state index contributed by atoms with van der Waals surface area (Å²) in [4.78, 5) is 18.3. The fourth-order valence-corrected chi connectivity index (χ4v) is 2.83. The van der Waals surface area contributed by atoms with Crippen LogP contribution in [0.4, 0.5) is 0 Å². The Hall–Kier alpha value is -1.62. The van der Waals surface area contributed by atoms with E-state index in [4.69, 9.17) is 9.47 Å². The predicted octanol–water partition coefficient (Wildman–Crippen LogP) is 1.49. The zero-order chi connectivity index (χ0) is 13.8. The van der Waals surface area contributed by atoms with Crippen LogP contribution in [-0.2, 0) is 9.53 Å². The van der Waals surface area contributed by atoms with Crippen LogP contribution < -0.4 is 4.74 Å². The SMILES string of the molecule is O=C([C@H]1CCCOC1)N1CC[C@@H](Oc2cccnc2)C1. The van der Waals surface area contributed by atoms with E-state index in [1.807, 2.05) is 17.0 Å². The molecule has 5 nitrogen and oxygen atoms in total. The molecule has 3 rings (SSSR count). The molecule has 2 saturated heterocycles. The molecule has 0 bridgehead atoms. The van der Waals surface area contributed by atoms with Crippen LogP contribution in [0.15, 0.2) is 24.5 Å². The minimum atomic E-state index is 0.0425. The third-order valence-corrected chi connectivity index (χ3v) is 3.90. The maximum atomic E-state index is 12.4. The lowest BCUT2D eigenvalue weighted by Crippen LogP contribution is -2.39. The third kappa shape index (κ3) is 3.10. The first kappa shape index (κ1) is 13.4. The Morgan fingerprint density at radius 1 is 1.45 bits per heavy atom. The Labute approximate surface area is 118 Å². The van der Waals surface area contributed by atoms with Crippen molar-refractivity contribution in [2.24, 2.45) is 5.92 Å². The summed E-state index contributed by atoms with van der Waals surface area (Å²) in [7, 11) is 0. The van der Waals surface area contributed by atoms with Gasteiger partial charge in [-0.1, -0.05) is 0 Å². The van der Waals surface area contributed by atoms with E-state index in [0.29, 0.717) is 13.2 Å². The smallest absolute Gasteiger partial charge is 0.228 e. The average Bonchev–Trinajstić information content (AvgIpc) is 2.97. The summed E-state index contributed by atoms with van der Waals surface area (Å²) in [6, 6.07) is 3.75. The number of carbonyl (C=O) groups excluding carboxylic acids is 1. The quantitative estimate of drug-likeness (QED) is 0.839. The standard InChI is InChI=1S/C15H20N2O3/c18-15(12-3-2-8-19-11-12)17-7-5-14(10-17)20-13-4-1-6-16-9-13/h1,4,6,9,12,14H,2-3,5,7-8,10-11H2/t12-,14+/m0/s1. The average molecular weight is 276 g/mol. The molecule has 1 aromatic heterocycles. The number of likely N-dealkylation sites (tertiary alicyclic amines) is 1. The van der Waals surface area contributed by atoms with Gasteiger partial charge in [-0.05, 0) is 25.0 Å². The number of aromatic nitrogens is 1. The lowest BCUT2D eigenvalue weighted by Gasteiger charge is -2.26. The molecule has 1 aromatic rings. The van der Waals surface area contributed by atoms with Gasteiger partial charge in [-0.25, -0.2) is 0 Å². The lowest BCUT2D eigenvalue weighted by atomic mass is 10.0. The van der Waals surface area contributed by atoms with Crippen molar-refractivity contribution in [3.63, 3.8) is 0 Å². The maximum Gasteiger partial charge on any atom is 0.228 e. The van der Waals surface area contributed by atoms with E-state index in [9.17, 15) is 4.79 Å². The van der Waals surface area contributed by atoms with Gasteiger partial charge in [-0.2, -0.15) is 0 Å². The molecular weight excluding hydrogens is 256 g/mol. The molecule has 0 radical (unpaired) electrons. The van der Waals surface area contributed by atoms with Gasteiger partial charge in [0, 0.05) is 25.8 Å². The van der Waals surface area contributed by atoms with Gasteiger partial charge in [0.25, 0.3) is 0 Å². The zero-order valence-electron chi connectivity index (χ0n) is 11.5. The van der Waals surface area contributed by atoms with Crippen molar-refractivity contribution in [1.82, 2.24) is 9.88 Å². The number of carbonyl (C=O) groups is 1.